The first-order chi connectivity index (χ1) is 11.2. The zero-order chi connectivity index (χ0) is 17.7. The minimum Gasteiger partial charge on any atom is -0.458 e. The molecule has 0 amide bonds. The molecule has 0 radical (unpaired) electrons. The third-order valence-electron chi connectivity index (χ3n) is 2.94. The number of ether oxygens (including phenoxy) is 1. The maximum absolute atomic E-state index is 12.2. The van der Waals surface area contributed by atoms with Gasteiger partial charge >= 0.3 is 12.1 Å². The van der Waals surface area contributed by atoms with Crippen LogP contribution in [0.5, 0.6) is 0 Å². The van der Waals surface area contributed by atoms with Crippen molar-refractivity contribution in [1.29, 1.82) is 0 Å². The maximum atomic E-state index is 12.2. The van der Waals surface area contributed by atoms with Crippen LogP contribution in [-0.4, -0.2) is 53.6 Å². The number of carbonyl (C=O) groups is 1. The number of aromatic nitrogens is 2. The molecule has 0 atom stereocenters. The summed E-state index contributed by atoms with van der Waals surface area (Å²) in [4.78, 5) is 12.8. The van der Waals surface area contributed by atoms with Gasteiger partial charge in [0.05, 0.1) is 23.8 Å². The van der Waals surface area contributed by atoms with Crippen molar-refractivity contribution in [2.75, 3.05) is 26.7 Å². The van der Waals surface area contributed by atoms with Gasteiger partial charge in [0.2, 0.25) is 5.76 Å². The summed E-state index contributed by atoms with van der Waals surface area (Å²) in [6, 6.07) is 3.07. The van der Waals surface area contributed by atoms with Crippen molar-refractivity contribution in [2.45, 2.75) is 12.7 Å². The smallest absolute Gasteiger partial charge is 0.401 e. The fourth-order valence-electron chi connectivity index (χ4n) is 1.91. The summed E-state index contributed by atoms with van der Waals surface area (Å²) in [6.07, 6.45) is -0.914. The SMILES string of the molecule is CN(CCOC(=O)c1ccc(Cn2cc(Br)cn2)o1)CC(F)(F)F. The molecule has 0 fully saturated rings. The molecule has 2 aromatic heterocycles. The highest BCUT2D eigenvalue weighted by Crippen LogP contribution is 2.15. The Labute approximate surface area is 144 Å². The van der Waals surface area contributed by atoms with Crippen molar-refractivity contribution in [3.05, 3.63) is 40.5 Å². The average Bonchev–Trinajstić information content (AvgIpc) is 3.06. The molecule has 2 rings (SSSR count). The fourth-order valence-corrected chi connectivity index (χ4v) is 2.24. The van der Waals surface area contributed by atoms with Gasteiger partial charge in [-0.2, -0.15) is 18.3 Å². The monoisotopic (exact) mass is 409 g/mol. The highest BCUT2D eigenvalue weighted by molar-refractivity contribution is 9.10. The molecule has 132 valence electrons. The van der Waals surface area contributed by atoms with Crippen LogP contribution >= 0.6 is 15.9 Å². The Hall–Kier alpha value is -1.81. The van der Waals surface area contributed by atoms with E-state index < -0.39 is 18.7 Å². The second kappa shape index (κ2) is 7.84. The number of halogens is 4. The molecular formula is C14H15BrF3N3O3. The summed E-state index contributed by atoms with van der Waals surface area (Å²) < 4.78 is 49.2. The van der Waals surface area contributed by atoms with E-state index in [2.05, 4.69) is 21.0 Å². The van der Waals surface area contributed by atoms with E-state index in [0.29, 0.717) is 12.3 Å². The summed E-state index contributed by atoms with van der Waals surface area (Å²) in [7, 11) is 1.30. The number of esters is 1. The largest absolute Gasteiger partial charge is 0.458 e. The minimum atomic E-state index is -4.28. The summed E-state index contributed by atoms with van der Waals surface area (Å²) in [6.45, 7) is -0.907. The lowest BCUT2D eigenvalue weighted by Crippen LogP contribution is -2.33. The van der Waals surface area contributed by atoms with Crippen LogP contribution in [0.4, 0.5) is 13.2 Å². The highest BCUT2D eigenvalue weighted by Gasteiger charge is 2.29. The van der Waals surface area contributed by atoms with Crippen LogP contribution in [0.15, 0.2) is 33.4 Å². The minimum absolute atomic E-state index is 0.00491. The molecule has 0 spiro atoms. The van der Waals surface area contributed by atoms with Gasteiger partial charge in [0.1, 0.15) is 12.4 Å². The first-order valence-corrected chi connectivity index (χ1v) is 7.71. The van der Waals surface area contributed by atoms with E-state index in [1.54, 1.807) is 23.1 Å². The molecule has 2 aromatic rings. The van der Waals surface area contributed by atoms with Gasteiger partial charge in [0.15, 0.2) is 0 Å². The van der Waals surface area contributed by atoms with Crippen LogP contribution in [-0.2, 0) is 11.3 Å². The number of hydrogen-bond acceptors (Lipinski definition) is 5. The van der Waals surface area contributed by atoms with Crippen molar-refractivity contribution in [3.63, 3.8) is 0 Å². The molecule has 6 nitrogen and oxygen atoms in total. The Bertz CT molecular complexity index is 684. The van der Waals surface area contributed by atoms with E-state index in [0.717, 1.165) is 9.37 Å². The third-order valence-corrected chi connectivity index (χ3v) is 3.35. The molecule has 0 saturated carbocycles. The van der Waals surface area contributed by atoms with E-state index in [4.69, 9.17) is 9.15 Å². The van der Waals surface area contributed by atoms with Crippen LogP contribution in [0.2, 0.25) is 0 Å². The van der Waals surface area contributed by atoms with Crippen LogP contribution in [0, 0.1) is 0 Å². The lowest BCUT2D eigenvalue weighted by atomic mass is 10.4. The van der Waals surface area contributed by atoms with Gasteiger partial charge in [0, 0.05) is 12.7 Å². The zero-order valence-electron chi connectivity index (χ0n) is 12.7. The number of rotatable bonds is 7. The van der Waals surface area contributed by atoms with Gasteiger partial charge in [0.25, 0.3) is 0 Å². The normalized spacial score (nSPS) is 11.9. The summed E-state index contributed by atoms with van der Waals surface area (Å²) in [5, 5.41) is 4.06. The number of carbonyl (C=O) groups excluding carboxylic acids is 1. The van der Waals surface area contributed by atoms with Crippen LogP contribution in [0.3, 0.4) is 0 Å². The lowest BCUT2D eigenvalue weighted by molar-refractivity contribution is -0.143. The first kappa shape index (κ1) is 18.5. The van der Waals surface area contributed by atoms with Gasteiger partial charge in [-0.3, -0.25) is 9.58 Å². The third kappa shape index (κ3) is 6.00. The van der Waals surface area contributed by atoms with E-state index in [9.17, 15) is 18.0 Å². The van der Waals surface area contributed by atoms with Gasteiger partial charge in [-0.15, -0.1) is 0 Å². The first-order valence-electron chi connectivity index (χ1n) is 6.92. The number of hydrogen-bond donors (Lipinski definition) is 0. The van der Waals surface area contributed by atoms with Gasteiger partial charge in [-0.05, 0) is 35.1 Å². The van der Waals surface area contributed by atoms with Crippen LogP contribution in [0.1, 0.15) is 16.3 Å². The van der Waals surface area contributed by atoms with Crippen molar-refractivity contribution in [2.24, 2.45) is 0 Å². The number of likely N-dealkylation sites (N-methyl/N-ethyl adjacent to an activating group) is 1. The van der Waals surface area contributed by atoms with E-state index in [1.165, 1.54) is 13.1 Å². The Morgan fingerprint density at radius 1 is 1.46 bits per heavy atom. The predicted octanol–water partition coefficient (Wildman–Crippen LogP) is 2.94. The highest BCUT2D eigenvalue weighted by atomic mass is 79.9. The van der Waals surface area contributed by atoms with Crippen LogP contribution < -0.4 is 0 Å². The Kier molecular flexibility index (Phi) is 6.05. The predicted molar refractivity (Wildman–Crippen MR) is 81.6 cm³/mol. The summed E-state index contributed by atoms with van der Waals surface area (Å²) >= 11 is 3.27. The average molecular weight is 410 g/mol. The molecule has 0 aliphatic rings. The quantitative estimate of drug-likeness (QED) is 0.658. The van der Waals surface area contributed by atoms with E-state index in [1.807, 2.05) is 0 Å². The molecule has 0 bridgehead atoms. The Morgan fingerprint density at radius 3 is 2.83 bits per heavy atom. The van der Waals surface area contributed by atoms with Crippen molar-refractivity contribution in [3.8, 4) is 0 Å². The van der Waals surface area contributed by atoms with Crippen molar-refractivity contribution in [1.82, 2.24) is 14.7 Å². The van der Waals surface area contributed by atoms with Gasteiger partial charge in [-0.1, -0.05) is 0 Å². The molecule has 0 saturated heterocycles. The van der Waals surface area contributed by atoms with E-state index >= 15 is 0 Å². The molecule has 0 unspecified atom stereocenters. The van der Waals surface area contributed by atoms with Crippen molar-refractivity contribution < 1.29 is 27.1 Å². The fraction of sp³-hybridized carbons (Fsp3) is 0.429. The standard InChI is InChI=1S/C14H15BrF3N3O3/c1-20(9-14(16,17)18)4-5-23-13(22)12-3-2-11(24-12)8-21-7-10(15)6-19-21/h2-3,6-7H,4-5,8-9H2,1H3. The second-order valence-electron chi connectivity index (χ2n) is 5.11. The van der Waals surface area contributed by atoms with Gasteiger partial charge < -0.3 is 9.15 Å². The molecule has 10 heteroatoms. The van der Waals surface area contributed by atoms with Gasteiger partial charge in [-0.25, -0.2) is 4.79 Å². The zero-order valence-corrected chi connectivity index (χ0v) is 14.3. The topological polar surface area (TPSA) is 60.5 Å². The number of furan rings is 1. The molecule has 0 aliphatic heterocycles. The molecule has 0 aromatic carbocycles. The molecular weight excluding hydrogens is 395 g/mol. The molecule has 0 aliphatic carbocycles. The second-order valence-corrected chi connectivity index (χ2v) is 6.03. The van der Waals surface area contributed by atoms with E-state index in [-0.39, 0.29) is 18.9 Å². The number of nitrogens with zero attached hydrogens (tertiary/aromatic N) is 3. The molecule has 2 heterocycles. The molecule has 0 N–H and O–H groups in total. The Balaban J connectivity index is 1.79. The Morgan fingerprint density at radius 2 is 2.21 bits per heavy atom. The summed E-state index contributed by atoms with van der Waals surface area (Å²) in [5.74, 6) is -0.218. The molecule has 24 heavy (non-hydrogen) atoms. The van der Waals surface area contributed by atoms with Crippen LogP contribution in [0.25, 0.3) is 0 Å². The van der Waals surface area contributed by atoms with Crippen molar-refractivity contribution >= 4 is 21.9 Å². The lowest BCUT2D eigenvalue weighted by Gasteiger charge is -2.17. The maximum Gasteiger partial charge on any atom is 0.401 e. The summed E-state index contributed by atoms with van der Waals surface area (Å²) in [5.41, 5.74) is 0. The number of alkyl halides is 3.